The predicted octanol–water partition coefficient (Wildman–Crippen LogP) is 4.37. The van der Waals surface area contributed by atoms with Gasteiger partial charge in [-0.15, -0.1) is 11.3 Å². The molecule has 148 valence electrons. The van der Waals surface area contributed by atoms with Crippen LogP contribution in [0.25, 0.3) is 10.2 Å². The minimum absolute atomic E-state index is 0.0517. The highest BCUT2D eigenvalue weighted by Gasteiger charge is 2.22. The molecule has 2 aromatic heterocycles. The number of benzene rings is 1. The molecule has 28 heavy (non-hydrogen) atoms. The maximum Gasteiger partial charge on any atom is 0.262 e. The van der Waals surface area contributed by atoms with E-state index in [4.69, 9.17) is 4.98 Å². The van der Waals surface area contributed by atoms with Gasteiger partial charge in [0.05, 0.1) is 18.5 Å². The van der Waals surface area contributed by atoms with E-state index >= 15 is 0 Å². The van der Waals surface area contributed by atoms with E-state index in [1.54, 1.807) is 28.0 Å². The number of hydrogen-bond acceptors (Lipinski definition) is 4. The maximum absolute atomic E-state index is 13.5. The topological polar surface area (TPSA) is 38.1 Å². The van der Waals surface area contributed by atoms with Gasteiger partial charge in [0.15, 0.2) is 0 Å². The monoisotopic (exact) mass is 399 g/mol. The molecule has 1 aromatic carbocycles. The van der Waals surface area contributed by atoms with Crippen LogP contribution in [0.3, 0.4) is 0 Å². The molecular weight excluding hydrogens is 373 g/mol. The third-order valence-electron chi connectivity index (χ3n) is 5.67. The van der Waals surface area contributed by atoms with E-state index in [0.717, 1.165) is 54.0 Å². The molecule has 0 aliphatic heterocycles. The van der Waals surface area contributed by atoms with Crippen LogP contribution in [0.5, 0.6) is 0 Å². The lowest BCUT2D eigenvalue weighted by atomic mass is 9.97. The van der Waals surface area contributed by atoms with Crippen molar-refractivity contribution in [2.24, 2.45) is 0 Å². The van der Waals surface area contributed by atoms with E-state index in [1.165, 1.54) is 29.0 Å². The Kier molecular flexibility index (Phi) is 5.60. The standard InChI is InChI=1S/C22H26FN3OS/c1-3-25(4-2)14-19-24-21-20(17-7-5-6-8-18(17)28-21)22(27)26(19)13-15-9-11-16(23)12-10-15/h9-12H,3-8,13-14H2,1-2H3. The van der Waals surface area contributed by atoms with Gasteiger partial charge in [-0.3, -0.25) is 14.3 Å². The van der Waals surface area contributed by atoms with Crippen LogP contribution in [0.4, 0.5) is 4.39 Å². The Balaban J connectivity index is 1.86. The summed E-state index contributed by atoms with van der Waals surface area (Å²) in [5.41, 5.74) is 2.18. The first-order valence-electron chi connectivity index (χ1n) is 10.1. The summed E-state index contributed by atoms with van der Waals surface area (Å²) in [5, 5.41) is 0.810. The van der Waals surface area contributed by atoms with E-state index in [2.05, 4.69) is 18.7 Å². The second-order valence-electron chi connectivity index (χ2n) is 7.40. The minimum atomic E-state index is -0.264. The molecule has 0 N–H and O–H groups in total. The largest absolute Gasteiger partial charge is 0.297 e. The normalized spacial score (nSPS) is 14.0. The van der Waals surface area contributed by atoms with E-state index in [-0.39, 0.29) is 11.4 Å². The Morgan fingerprint density at radius 3 is 2.57 bits per heavy atom. The van der Waals surface area contributed by atoms with Gasteiger partial charge in [0.2, 0.25) is 0 Å². The third kappa shape index (κ3) is 3.63. The Morgan fingerprint density at radius 1 is 1.14 bits per heavy atom. The van der Waals surface area contributed by atoms with E-state index in [9.17, 15) is 9.18 Å². The van der Waals surface area contributed by atoms with Gasteiger partial charge < -0.3 is 0 Å². The quantitative estimate of drug-likeness (QED) is 0.618. The third-order valence-corrected chi connectivity index (χ3v) is 6.85. The summed E-state index contributed by atoms with van der Waals surface area (Å²) in [5.74, 6) is 0.532. The fourth-order valence-electron chi connectivity index (χ4n) is 3.98. The Labute approximate surface area is 168 Å². The zero-order chi connectivity index (χ0) is 19.7. The summed E-state index contributed by atoms with van der Waals surface area (Å²) >= 11 is 1.69. The number of thiophene rings is 1. The molecule has 2 heterocycles. The molecule has 0 saturated carbocycles. The van der Waals surface area contributed by atoms with Crippen LogP contribution in [-0.4, -0.2) is 27.5 Å². The summed E-state index contributed by atoms with van der Waals surface area (Å²) < 4.78 is 15.1. The van der Waals surface area contributed by atoms with Crippen molar-refractivity contribution >= 4 is 21.6 Å². The molecule has 4 rings (SSSR count). The van der Waals surface area contributed by atoms with Gasteiger partial charge in [0.25, 0.3) is 5.56 Å². The number of aromatic nitrogens is 2. The summed E-state index contributed by atoms with van der Waals surface area (Å²) in [4.78, 5) is 23.0. The number of rotatable bonds is 6. The molecule has 1 aliphatic rings. The minimum Gasteiger partial charge on any atom is -0.297 e. The van der Waals surface area contributed by atoms with Crippen molar-refractivity contribution in [2.45, 2.75) is 52.6 Å². The lowest BCUT2D eigenvalue weighted by Gasteiger charge is -2.20. The maximum atomic E-state index is 13.5. The van der Waals surface area contributed by atoms with Crippen molar-refractivity contribution in [1.82, 2.24) is 14.5 Å². The molecule has 0 amide bonds. The van der Waals surface area contributed by atoms with Crippen LogP contribution in [0.2, 0.25) is 0 Å². The molecule has 4 nitrogen and oxygen atoms in total. The molecule has 0 radical (unpaired) electrons. The summed E-state index contributed by atoms with van der Waals surface area (Å²) in [6.45, 7) is 7.11. The molecule has 0 unspecified atom stereocenters. The average molecular weight is 400 g/mol. The van der Waals surface area contributed by atoms with Gasteiger partial charge in [-0.25, -0.2) is 9.37 Å². The fraction of sp³-hybridized carbons (Fsp3) is 0.455. The molecule has 0 bridgehead atoms. The van der Waals surface area contributed by atoms with Crippen molar-refractivity contribution in [2.75, 3.05) is 13.1 Å². The average Bonchev–Trinajstić information content (AvgIpc) is 3.08. The Bertz CT molecular complexity index is 1030. The highest BCUT2D eigenvalue weighted by atomic mass is 32.1. The predicted molar refractivity (Wildman–Crippen MR) is 113 cm³/mol. The first-order chi connectivity index (χ1) is 13.6. The summed E-state index contributed by atoms with van der Waals surface area (Å²) in [6, 6.07) is 6.39. The molecule has 0 atom stereocenters. The number of fused-ring (bicyclic) bond motifs is 3. The number of hydrogen-bond donors (Lipinski definition) is 0. The van der Waals surface area contributed by atoms with E-state index in [1.807, 2.05) is 0 Å². The van der Waals surface area contributed by atoms with Crippen LogP contribution in [-0.2, 0) is 25.9 Å². The van der Waals surface area contributed by atoms with Crippen LogP contribution >= 0.6 is 11.3 Å². The highest BCUT2D eigenvalue weighted by Crippen LogP contribution is 2.34. The molecular formula is C22H26FN3OS. The van der Waals surface area contributed by atoms with Crippen molar-refractivity contribution in [1.29, 1.82) is 0 Å². The van der Waals surface area contributed by atoms with Gasteiger partial charge in [0.1, 0.15) is 16.5 Å². The van der Waals surface area contributed by atoms with Gasteiger partial charge in [0, 0.05) is 4.88 Å². The highest BCUT2D eigenvalue weighted by molar-refractivity contribution is 7.18. The first-order valence-corrected chi connectivity index (χ1v) is 10.9. The first kappa shape index (κ1) is 19.3. The van der Waals surface area contributed by atoms with Crippen molar-refractivity contribution in [3.8, 4) is 0 Å². The van der Waals surface area contributed by atoms with Crippen molar-refractivity contribution in [3.63, 3.8) is 0 Å². The molecule has 6 heteroatoms. The zero-order valence-electron chi connectivity index (χ0n) is 16.5. The van der Waals surface area contributed by atoms with Crippen LogP contribution in [0, 0.1) is 5.82 Å². The van der Waals surface area contributed by atoms with Gasteiger partial charge in [-0.05, 0) is 62.0 Å². The molecule has 0 spiro atoms. The Morgan fingerprint density at radius 2 is 1.86 bits per heavy atom. The van der Waals surface area contributed by atoms with E-state index < -0.39 is 0 Å². The fourth-order valence-corrected chi connectivity index (χ4v) is 5.25. The molecule has 0 saturated heterocycles. The lowest BCUT2D eigenvalue weighted by molar-refractivity contribution is 0.282. The molecule has 0 fully saturated rings. The second-order valence-corrected chi connectivity index (χ2v) is 8.48. The van der Waals surface area contributed by atoms with Crippen molar-refractivity contribution < 1.29 is 4.39 Å². The van der Waals surface area contributed by atoms with Gasteiger partial charge >= 0.3 is 0 Å². The smallest absolute Gasteiger partial charge is 0.262 e. The second kappa shape index (κ2) is 8.13. The van der Waals surface area contributed by atoms with Crippen LogP contribution in [0.15, 0.2) is 29.1 Å². The number of aryl methyl sites for hydroxylation is 2. The summed E-state index contributed by atoms with van der Waals surface area (Å²) in [6.07, 6.45) is 4.35. The van der Waals surface area contributed by atoms with E-state index in [0.29, 0.717) is 13.1 Å². The van der Waals surface area contributed by atoms with Gasteiger partial charge in [-0.1, -0.05) is 26.0 Å². The Hall–Kier alpha value is -2.05. The molecule has 3 aromatic rings. The lowest BCUT2D eigenvalue weighted by Crippen LogP contribution is -2.31. The zero-order valence-corrected chi connectivity index (χ0v) is 17.3. The number of nitrogens with zero attached hydrogens (tertiary/aromatic N) is 3. The van der Waals surface area contributed by atoms with Crippen molar-refractivity contribution in [3.05, 3.63) is 62.3 Å². The van der Waals surface area contributed by atoms with Crippen LogP contribution in [0.1, 0.15) is 48.5 Å². The summed E-state index contributed by atoms with van der Waals surface area (Å²) in [7, 11) is 0. The number of halogens is 1. The van der Waals surface area contributed by atoms with Crippen LogP contribution < -0.4 is 5.56 Å². The van der Waals surface area contributed by atoms with Gasteiger partial charge in [-0.2, -0.15) is 0 Å². The SMILES string of the molecule is CCN(CC)Cc1nc2sc3c(c2c(=O)n1Cc1ccc(F)cc1)CCCC3. The molecule has 1 aliphatic carbocycles.